The number of carboxylic acid groups (broad SMARTS) is 1. The highest BCUT2D eigenvalue weighted by Gasteiger charge is 2.20. The molecule has 2 amide bonds. The van der Waals surface area contributed by atoms with E-state index in [0.717, 1.165) is 10.4 Å². The predicted octanol–water partition coefficient (Wildman–Crippen LogP) is 4.01. The highest BCUT2D eigenvalue weighted by atomic mass is 32.1. The molecule has 1 atom stereocenters. The normalized spacial score (nSPS) is 12.0. The molecule has 0 bridgehead atoms. The number of carbonyl (C=O) groups excluding carboxylic acids is 1. The Labute approximate surface area is 130 Å². The van der Waals surface area contributed by atoms with E-state index in [9.17, 15) is 14.7 Å². The molecule has 2 rings (SSSR count). The molecular weight excluding hydrogens is 308 g/mol. The molecule has 0 aromatic carbocycles. The first-order chi connectivity index (χ1) is 9.90. The third-order valence-corrected chi connectivity index (χ3v) is 5.04. The topological polar surface area (TPSA) is 78.4 Å². The minimum absolute atomic E-state index is 0.133. The second-order valence-corrected chi connectivity index (χ2v) is 6.67. The summed E-state index contributed by atoms with van der Waals surface area (Å²) < 4.78 is 0. The summed E-state index contributed by atoms with van der Waals surface area (Å²) in [7, 11) is 0. The van der Waals surface area contributed by atoms with Crippen LogP contribution in [0.3, 0.4) is 0 Å². The van der Waals surface area contributed by atoms with Crippen LogP contribution in [0.5, 0.6) is 0 Å². The number of thiophene rings is 2. The predicted molar refractivity (Wildman–Crippen MR) is 85.6 cm³/mol. The zero-order valence-corrected chi connectivity index (χ0v) is 13.5. The zero-order chi connectivity index (χ0) is 15.6. The van der Waals surface area contributed by atoms with E-state index in [4.69, 9.17) is 0 Å². The molecule has 2 heterocycles. The number of nitrogens with one attached hydrogen (secondary N) is 2. The SMILES string of the molecule is Cc1sc(NC(=O)NC(C)c2ccsc2)c(C(=O)O)c1C. The maximum Gasteiger partial charge on any atom is 0.338 e. The number of aromatic carboxylic acids is 1. The Balaban J connectivity index is 2.10. The Hall–Kier alpha value is -1.86. The number of rotatable bonds is 4. The first-order valence-corrected chi connectivity index (χ1v) is 8.09. The Morgan fingerprint density at radius 3 is 2.62 bits per heavy atom. The van der Waals surface area contributed by atoms with Crippen LogP contribution in [0.25, 0.3) is 0 Å². The van der Waals surface area contributed by atoms with Gasteiger partial charge in [-0.1, -0.05) is 0 Å². The fourth-order valence-corrected chi connectivity index (χ4v) is 3.71. The van der Waals surface area contributed by atoms with Gasteiger partial charge >= 0.3 is 12.0 Å². The van der Waals surface area contributed by atoms with Gasteiger partial charge in [0.15, 0.2) is 0 Å². The second kappa shape index (κ2) is 6.28. The lowest BCUT2D eigenvalue weighted by Gasteiger charge is -2.13. The van der Waals surface area contributed by atoms with Gasteiger partial charge in [-0.05, 0) is 48.7 Å². The molecule has 2 aromatic heterocycles. The van der Waals surface area contributed by atoms with E-state index < -0.39 is 12.0 Å². The van der Waals surface area contributed by atoms with Gasteiger partial charge < -0.3 is 10.4 Å². The van der Waals surface area contributed by atoms with Gasteiger partial charge in [-0.3, -0.25) is 5.32 Å². The molecule has 21 heavy (non-hydrogen) atoms. The van der Waals surface area contributed by atoms with Crippen molar-refractivity contribution in [1.29, 1.82) is 0 Å². The summed E-state index contributed by atoms with van der Waals surface area (Å²) in [6.45, 7) is 5.46. The van der Waals surface area contributed by atoms with Crippen LogP contribution in [-0.2, 0) is 0 Å². The second-order valence-electron chi connectivity index (χ2n) is 4.67. The van der Waals surface area contributed by atoms with Crippen molar-refractivity contribution in [3.63, 3.8) is 0 Å². The standard InChI is InChI=1S/C14H16N2O3S2/c1-7-9(3)21-12(11(7)13(17)18)16-14(19)15-8(2)10-4-5-20-6-10/h4-6,8H,1-3H3,(H,17,18)(H2,15,16,19). The highest BCUT2D eigenvalue weighted by Crippen LogP contribution is 2.32. The van der Waals surface area contributed by atoms with Gasteiger partial charge in [-0.2, -0.15) is 11.3 Å². The third-order valence-electron chi connectivity index (χ3n) is 3.22. The molecule has 7 heteroatoms. The summed E-state index contributed by atoms with van der Waals surface area (Å²) in [4.78, 5) is 24.2. The number of anilines is 1. The molecule has 3 N–H and O–H groups in total. The summed E-state index contributed by atoms with van der Waals surface area (Å²) in [5.74, 6) is -1.03. The van der Waals surface area contributed by atoms with Gasteiger partial charge in [0.05, 0.1) is 11.6 Å². The molecule has 0 aliphatic rings. The van der Waals surface area contributed by atoms with E-state index in [1.807, 2.05) is 30.7 Å². The summed E-state index contributed by atoms with van der Waals surface area (Å²) in [6.07, 6.45) is 0. The van der Waals surface area contributed by atoms with E-state index in [-0.39, 0.29) is 11.6 Å². The number of amides is 2. The van der Waals surface area contributed by atoms with E-state index in [2.05, 4.69) is 10.6 Å². The van der Waals surface area contributed by atoms with Crippen LogP contribution in [0.2, 0.25) is 0 Å². The molecule has 2 aromatic rings. The van der Waals surface area contributed by atoms with Gasteiger partial charge in [0, 0.05) is 4.88 Å². The molecule has 0 aliphatic heterocycles. The average molecular weight is 324 g/mol. The van der Waals surface area contributed by atoms with Crippen LogP contribution in [0.4, 0.5) is 9.80 Å². The van der Waals surface area contributed by atoms with E-state index in [1.165, 1.54) is 11.3 Å². The molecule has 0 radical (unpaired) electrons. The highest BCUT2D eigenvalue weighted by molar-refractivity contribution is 7.16. The Morgan fingerprint density at radius 1 is 1.33 bits per heavy atom. The Morgan fingerprint density at radius 2 is 2.05 bits per heavy atom. The summed E-state index contributed by atoms with van der Waals surface area (Å²) in [6, 6.07) is 1.40. The van der Waals surface area contributed by atoms with Crippen molar-refractivity contribution in [2.24, 2.45) is 0 Å². The monoisotopic (exact) mass is 324 g/mol. The molecule has 0 aliphatic carbocycles. The molecule has 5 nitrogen and oxygen atoms in total. The lowest BCUT2D eigenvalue weighted by Crippen LogP contribution is -2.31. The molecule has 0 saturated carbocycles. The average Bonchev–Trinajstić information content (AvgIpc) is 2.99. The number of carbonyl (C=O) groups is 2. The molecule has 1 unspecified atom stereocenters. The van der Waals surface area contributed by atoms with Crippen LogP contribution in [-0.4, -0.2) is 17.1 Å². The molecule has 0 saturated heterocycles. The largest absolute Gasteiger partial charge is 0.478 e. The Bertz CT molecular complexity index is 662. The lowest BCUT2D eigenvalue weighted by molar-refractivity contribution is 0.0697. The van der Waals surface area contributed by atoms with Crippen molar-refractivity contribution in [3.05, 3.63) is 38.4 Å². The molecule has 0 spiro atoms. The van der Waals surface area contributed by atoms with Gasteiger partial charge in [-0.25, -0.2) is 9.59 Å². The van der Waals surface area contributed by atoms with E-state index >= 15 is 0 Å². The van der Waals surface area contributed by atoms with Crippen LogP contribution >= 0.6 is 22.7 Å². The maximum atomic E-state index is 12.0. The van der Waals surface area contributed by atoms with Crippen LogP contribution in [0.1, 0.15) is 39.3 Å². The lowest BCUT2D eigenvalue weighted by atomic mass is 10.1. The number of carboxylic acids is 1. The van der Waals surface area contributed by atoms with Crippen LogP contribution < -0.4 is 10.6 Å². The number of urea groups is 1. The minimum atomic E-state index is -1.03. The molecule has 0 fully saturated rings. The zero-order valence-electron chi connectivity index (χ0n) is 11.9. The summed E-state index contributed by atoms with van der Waals surface area (Å²) in [5, 5.41) is 19.0. The van der Waals surface area contributed by atoms with Gasteiger partial charge in [-0.15, -0.1) is 11.3 Å². The van der Waals surface area contributed by atoms with Crippen molar-refractivity contribution in [3.8, 4) is 0 Å². The molecular formula is C14H16N2O3S2. The first kappa shape index (κ1) is 15.5. The van der Waals surface area contributed by atoms with Gasteiger partial charge in [0.2, 0.25) is 0 Å². The quantitative estimate of drug-likeness (QED) is 0.795. The van der Waals surface area contributed by atoms with Crippen molar-refractivity contribution in [2.75, 3.05) is 5.32 Å². The first-order valence-electron chi connectivity index (χ1n) is 6.33. The van der Waals surface area contributed by atoms with E-state index in [0.29, 0.717) is 10.6 Å². The summed E-state index contributed by atoms with van der Waals surface area (Å²) >= 11 is 2.83. The van der Waals surface area contributed by atoms with Crippen molar-refractivity contribution in [2.45, 2.75) is 26.8 Å². The van der Waals surface area contributed by atoms with Crippen molar-refractivity contribution in [1.82, 2.24) is 5.32 Å². The van der Waals surface area contributed by atoms with Crippen molar-refractivity contribution < 1.29 is 14.7 Å². The number of hydrogen-bond donors (Lipinski definition) is 3. The van der Waals surface area contributed by atoms with E-state index in [1.54, 1.807) is 18.3 Å². The van der Waals surface area contributed by atoms with Crippen LogP contribution in [0, 0.1) is 13.8 Å². The number of aryl methyl sites for hydroxylation is 1. The molecule has 112 valence electrons. The van der Waals surface area contributed by atoms with Gasteiger partial charge in [0.25, 0.3) is 0 Å². The minimum Gasteiger partial charge on any atom is -0.478 e. The fraction of sp³-hybridized carbons (Fsp3) is 0.286. The van der Waals surface area contributed by atoms with Gasteiger partial charge in [0.1, 0.15) is 5.00 Å². The maximum absolute atomic E-state index is 12.0. The fourth-order valence-electron chi connectivity index (χ4n) is 1.91. The summed E-state index contributed by atoms with van der Waals surface area (Å²) in [5.41, 5.74) is 1.87. The van der Waals surface area contributed by atoms with Crippen LogP contribution in [0.15, 0.2) is 16.8 Å². The smallest absolute Gasteiger partial charge is 0.338 e. The van der Waals surface area contributed by atoms with Crippen molar-refractivity contribution >= 4 is 39.7 Å². The Kier molecular flexibility index (Phi) is 4.64. The number of hydrogen-bond acceptors (Lipinski definition) is 4. The third kappa shape index (κ3) is 3.43.